The van der Waals surface area contributed by atoms with Crippen molar-refractivity contribution in [2.24, 2.45) is 0 Å². The van der Waals surface area contributed by atoms with Gasteiger partial charge in [0.25, 0.3) is 0 Å². The predicted octanol–water partition coefficient (Wildman–Crippen LogP) is 4.14. The van der Waals surface area contributed by atoms with E-state index in [1.807, 2.05) is 24.2 Å². The number of aromatic nitrogens is 2. The minimum atomic E-state index is 0.147. The van der Waals surface area contributed by atoms with Gasteiger partial charge in [-0.2, -0.15) is 0 Å². The van der Waals surface area contributed by atoms with Gasteiger partial charge in [0.1, 0.15) is 0 Å². The van der Waals surface area contributed by atoms with Crippen molar-refractivity contribution in [3.05, 3.63) is 18.0 Å². The zero-order chi connectivity index (χ0) is 15.7. The molecule has 0 fully saturated rings. The molecule has 21 heavy (non-hydrogen) atoms. The van der Waals surface area contributed by atoms with E-state index < -0.39 is 0 Å². The van der Waals surface area contributed by atoms with Crippen molar-refractivity contribution in [3.8, 4) is 0 Å². The molecular weight excluding hydrogens is 262 g/mol. The Labute approximate surface area is 129 Å². The van der Waals surface area contributed by atoms with E-state index in [4.69, 9.17) is 0 Å². The maximum atomic E-state index is 12.5. The lowest BCUT2D eigenvalue weighted by atomic mass is 10.0. The lowest BCUT2D eigenvalue weighted by molar-refractivity contribution is -0.119. The van der Waals surface area contributed by atoms with Crippen LogP contribution in [0.1, 0.15) is 71.8 Å². The first-order chi connectivity index (χ1) is 10.2. The number of aryl methyl sites for hydroxylation is 1. The summed E-state index contributed by atoms with van der Waals surface area (Å²) in [7, 11) is 0. The molecule has 0 unspecified atom stereocenters. The van der Waals surface area contributed by atoms with Gasteiger partial charge in [-0.15, -0.1) is 0 Å². The highest BCUT2D eigenvalue weighted by atomic mass is 16.2. The monoisotopic (exact) mass is 291 g/mol. The molecule has 0 aromatic carbocycles. The molecule has 4 heteroatoms. The molecule has 118 valence electrons. The van der Waals surface area contributed by atoms with Gasteiger partial charge in [-0.1, -0.05) is 40.5 Å². The third kappa shape index (κ3) is 5.10. The van der Waals surface area contributed by atoms with E-state index in [0.29, 0.717) is 12.4 Å². The Balaban J connectivity index is 3.06. The summed E-state index contributed by atoms with van der Waals surface area (Å²) in [6, 6.07) is 0.214. The zero-order valence-electron chi connectivity index (χ0n) is 13.9. The topological polar surface area (TPSA) is 46.1 Å². The summed E-state index contributed by atoms with van der Waals surface area (Å²) in [4.78, 5) is 23.2. The van der Waals surface area contributed by atoms with Crippen LogP contribution in [0.3, 0.4) is 0 Å². The summed E-state index contributed by atoms with van der Waals surface area (Å²) in [6.07, 6.45) is 10.1. The smallest absolute Gasteiger partial charge is 0.232 e. The van der Waals surface area contributed by atoms with Crippen molar-refractivity contribution in [3.63, 3.8) is 0 Å². The van der Waals surface area contributed by atoms with Gasteiger partial charge in [0.05, 0.1) is 0 Å². The fraction of sp³-hybridized carbons (Fsp3) is 0.706. The molecular formula is C17H29N3O. The Bertz CT molecular complexity index is 411. The lowest BCUT2D eigenvalue weighted by Gasteiger charge is -2.30. The number of rotatable bonds is 9. The number of hydrogen-bond donors (Lipinski definition) is 0. The summed E-state index contributed by atoms with van der Waals surface area (Å²) in [5, 5.41) is 0. The van der Waals surface area contributed by atoms with Crippen LogP contribution in [0.4, 0.5) is 5.95 Å². The quantitative estimate of drug-likeness (QED) is 0.687. The zero-order valence-corrected chi connectivity index (χ0v) is 13.9. The van der Waals surface area contributed by atoms with E-state index in [2.05, 4.69) is 30.7 Å². The summed E-state index contributed by atoms with van der Waals surface area (Å²) in [6.45, 7) is 8.43. The second kappa shape index (κ2) is 9.48. The van der Waals surface area contributed by atoms with Crippen molar-refractivity contribution in [1.29, 1.82) is 0 Å². The molecule has 0 saturated heterocycles. The van der Waals surface area contributed by atoms with Gasteiger partial charge < -0.3 is 0 Å². The van der Waals surface area contributed by atoms with Crippen molar-refractivity contribution in [2.45, 2.75) is 78.7 Å². The summed E-state index contributed by atoms with van der Waals surface area (Å²) in [5.74, 6) is 0.714. The van der Waals surface area contributed by atoms with Crippen LogP contribution >= 0.6 is 0 Å². The Morgan fingerprint density at radius 2 is 1.62 bits per heavy atom. The van der Waals surface area contributed by atoms with Crippen molar-refractivity contribution < 1.29 is 4.79 Å². The van der Waals surface area contributed by atoms with Gasteiger partial charge in [-0.3, -0.25) is 9.69 Å². The molecule has 1 aromatic heterocycles. The van der Waals surface area contributed by atoms with Gasteiger partial charge in [0, 0.05) is 24.9 Å². The number of nitrogens with zero attached hydrogens (tertiary/aromatic N) is 3. The first-order valence-corrected chi connectivity index (χ1v) is 8.30. The fourth-order valence-electron chi connectivity index (χ4n) is 2.54. The average Bonchev–Trinajstić information content (AvgIpc) is 2.49. The molecule has 0 radical (unpaired) electrons. The van der Waals surface area contributed by atoms with Gasteiger partial charge in [-0.25, -0.2) is 9.97 Å². The highest BCUT2D eigenvalue weighted by Crippen LogP contribution is 2.20. The van der Waals surface area contributed by atoms with Gasteiger partial charge in [0.15, 0.2) is 0 Å². The van der Waals surface area contributed by atoms with Gasteiger partial charge in [0.2, 0.25) is 11.9 Å². The van der Waals surface area contributed by atoms with Gasteiger partial charge in [-0.05, 0) is 31.2 Å². The van der Waals surface area contributed by atoms with E-state index in [1.54, 1.807) is 0 Å². The molecule has 0 bridgehead atoms. The van der Waals surface area contributed by atoms with Crippen molar-refractivity contribution in [2.75, 3.05) is 4.90 Å². The third-order valence-electron chi connectivity index (χ3n) is 3.66. The number of anilines is 1. The largest absolute Gasteiger partial charge is 0.278 e. The first-order valence-electron chi connectivity index (χ1n) is 8.30. The number of carbonyl (C=O) groups is 1. The maximum absolute atomic E-state index is 12.5. The Hall–Kier alpha value is -1.45. The third-order valence-corrected chi connectivity index (χ3v) is 3.66. The van der Waals surface area contributed by atoms with Crippen molar-refractivity contribution >= 4 is 11.9 Å². The second-order valence-corrected chi connectivity index (χ2v) is 5.49. The predicted molar refractivity (Wildman–Crippen MR) is 87.4 cm³/mol. The second-order valence-electron chi connectivity index (χ2n) is 5.49. The lowest BCUT2D eigenvalue weighted by Crippen LogP contribution is -2.41. The number of amides is 1. The van der Waals surface area contributed by atoms with Crippen LogP contribution in [0.25, 0.3) is 0 Å². The molecule has 0 aliphatic rings. The highest BCUT2D eigenvalue weighted by Gasteiger charge is 2.25. The van der Waals surface area contributed by atoms with Crippen LogP contribution in [0.5, 0.6) is 0 Å². The van der Waals surface area contributed by atoms with E-state index >= 15 is 0 Å². The van der Waals surface area contributed by atoms with Crippen LogP contribution in [0, 0.1) is 0 Å². The fourth-order valence-corrected chi connectivity index (χ4v) is 2.54. The van der Waals surface area contributed by atoms with Gasteiger partial charge >= 0.3 is 0 Å². The molecule has 4 nitrogen and oxygen atoms in total. The number of hydrogen-bond acceptors (Lipinski definition) is 3. The first kappa shape index (κ1) is 17.6. The molecule has 1 rings (SSSR count). The molecule has 0 N–H and O–H groups in total. The minimum Gasteiger partial charge on any atom is -0.278 e. The van der Waals surface area contributed by atoms with E-state index in [9.17, 15) is 4.79 Å². The average molecular weight is 291 g/mol. The minimum absolute atomic E-state index is 0.147. The molecule has 0 spiro atoms. The molecule has 0 aliphatic heterocycles. The molecule has 1 amide bonds. The Morgan fingerprint density at radius 1 is 1.05 bits per heavy atom. The SMILES string of the molecule is CCCC(=O)N(c1ncc(CC)cn1)C(CCC)CCC. The Morgan fingerprint density at radius 3 is 2.05 bits per heavy atom. The van der Waals surface area contributed by atoms with E-state index in [0.717, 1.165) is 44.1 Å². The molecule has 1 heterocycles. The normalized spacial score (nSPS) is 10.9. The maximum Gasteiger partial charge on any atom is 0.232 e. The van der Waals surface area contributed by atoms with Crippen LogP contribution in [0.15, 0.2) is 12.4 Å². The van der Waals surface area contributed by atoms with Crippen LogP contribution < -0.4 is 4.90 Å². The van der Waals surface area contributed by atoms with E-state index in [-0.39, 0.29) is 11.9 Å². The van der Waals surface area contributed by atoms with Crippen LogP contribution in [-0.4, -0.2) is 21.9 Å². The summed E-state index contributed by atoms with van der Waals surface area (Å²) >= 11 is 0. The summed E-state index contributed by atoms with van der Waals surface area (Å²) in [5.41, 5.74) is 1.10. The Kier molecular flexibility index (Phi) is 7.95. The van der Waals surface area contributed by atoms with E-state index in [1.165, 1.54) is 0 Å². The molecule has 0 saturated carbocycles. The molecule has 0 aliphatic carbocycles. The number of carbonyl (C=O) groups excluding carboxylic acids is 1. The van der Waals surface area contributed by atoms with Crippen LogP contribution in [0.2, 0.25) is 0 Å². The highest BCUT2D eigenvalue weighted by molar-refractivity contribution is 5.92. The summed E-state index contributed by atoms with van der Waals surface area (Å²) < 4.78 is 0. The standard InChI is InChI=1S/C17H29N3O/c1-5-9-15(10-6-2)20(16(21)11-7-3)17-18-12-14(8-4)13-19-17/h12-13,15H,5-11H2,1-4H3. The van der Waals surface area contributed by atoms with Crippen molar-refractivity contribution in [1.82, 2.24) is 9.97 Å². The molecule has 0 atom stereocenters. The molecule has 1 aromatic rings. The van der Waals surface area contributed by atoms with Crippen LogP contribution in [-0.2, 0) is 11.2 Å².